The minimum absolute atomic E-state index is 0.917. The van der Waals surface area contributed by atoms with Crippen molar-refractivity contribution in [3.05, 3.63) is 176 Å². The minimum Gasteiger partial charge on any atom is -0.264 e. The summed E-state index contributed by atoms with van der Waals surface area (Å²) < 4.78 is 0. The van der Waals surface area contributed by atoms with E-state index >= 15 is 0 Å². The maximum Gasteiger partial charge on any atom is 0.0717 e. The van der Waals surface area contributed by atoms with E-state index in [9.17, 15) is 0 Å². The quantitative estimate of drug-likeness (QED) is 0.182. The lowest BCUT2D eigenvalue weighted by Gasteiger charge is -2.19. The van der Waals surface area contributed by atoms with Crippen LogP contribution < -0.4 is 0 Å². The average Bonchev–Trinajstić information content (AvgIpc) is 3.17. The van der Waals surface area contributed by atoms with Crippen molar-refractivity contribution in [2.24, 2.45) is 0 Å². The van der Waals surface area contributed by atoms with E-state index < -0.39 is 0 Å². The van der Waals surface area contributed by atoms with Gasteiger partial charge in [0.1, 0.15) is 0 Å². The standard InChI is InChI=1S/C45H29N3/c1-2-12-36-32(10-1)26-35(42-17-7-8-25-47-42)27-41(36)45-39-15-5-3-13-37(39)44(38-14-4-6-16-40(38)45)31-20-18-30(19-21-31)33-22-23-43(48-29-33)34-11-9-24-46-28-34/h1-29H. The third kappa shape index (κ3) is 4.81. The molecule has 9 aromatic rings. The van der Waals surface area contributed by atoms with Crippen molar-refractivity contribution in [3.8, 4) is 55.9 Å². The molecule has 0 bridgehead atoms. The summed E-state index contributed by atoms with van der Waals surface area (Å²) in [6, 6.07) is 54.1. The number of rotatable bonds is 5. The lowest BCUT2D eigenvalue weighted by atomic mass is 9.84. The average molecular weight is 612 g/mol. The molecule has 3 heterocycles. The topological polar surface area (TPSA) is 38.7 Å². The molecule has 0 aliphatic carbocycles. The van der Waals surface area contributed by atoms with Crippen molar-refractivity contribution in [3.63, 3.8) is 0 Å². The largest absolute Gasteiger partial charge is 0.264 e. The van der Waals surface area contributed by atoms with Crippen LogP contribution in [-0.2, 0) is 0 Å². The fourth-order valence-electron chi connectivity index (χ4n) is 7.01. The number of hydrogen-bond acceptors (Lipinski definition) is 3. The van der Waals surface area contributed by atoms with Crippen LogP contribution in [0.4, 0.5) is 0 Å². The number of aromatic nitrogens is 3. The van der Waals surface area contributed by atoms with Gasteiger partial charge in [0.15, 0.2) is 0 Å². The molecule has 0 saturated heterocycles. The van der Waals surface area contributed by atoms with E-state index in [2.05, 4.69) is 138 Å². The molecular formula is C45H29N3. The molecule has 3 nitrogen and oxygen atoms in total. The van der Waals surface area contributed by atoms with Gasteiger partial charge in [-0.05, 0) is 103 Å². The van der Waals surface area contributed by atoms with Gasteiger partial charge in [0.25, 0.3) is 0 Å². The Labute approximate surface area is 278 Å². The molecule has 6 aromatic carbocycles. The second-order valence-corrected chi connectivity index (χ2v) is 12.1. The van der Waals surface area contributed by atoms with Crippen molar-refractivity contribution in [2.75, 3.05) is 0 Å². The Balaban J connectivity index is 1.22. The van der Waals surface area contributed by atoms with E-state index in [1.54, 1.807) is 6.20 Å². The van der Waals surface area contributed by atoms with E-state index in [1.807, 2.05) is 36.8 Å². The van der Waals surface area contributed by atoms with Crippen LogP contribution in [0.25, 0.3) is 88.2 Å². The molecule has 0 fully saturated rings. The number of nitrogens with zero attached hydrogens (tertiary/aromatic N) is 3. The maximum atomic E-state index is 4.73. The first-order chi connectivity index (χ1) is 23.8. The third-order valence-corrected chi connectivity index (χ3v) is 9.25. The van der Waals surface area contributed by atoms with E-state index in [0.29, 0.717) is 0 Å². The van der Waals surface area contributed by atoms with Crippen LogP contribution in [0, 0.1) is 0 Å². The predicted molar refractivity (Wildman–Crippen MR) is 200 cm³/mol. The van der Waals surface area contributed by atoms with Gasteiger partial charge in [-0.3, -0.25) is 15.0 Å². The third-order valence-electron chi connectivity index (χ3n) is 9.25. The fourth-order valence-corrected chi connectivity index (χ4v) is 7.01. The second kappa shape index (κ2) is 11.7. The summed E-state index contributed by atoms with van der Waals surface area (Å²) in [6.45, 7) is 0. The van der Waals surface area contributed by atoms with Gasteiger partial charge in [0, 0.05) is 41.5 Å². The summed E-state index contributed by atoms with van der Waals surface area (Å²) in [4.78, 5) is 13.7. The fraction of sp³-hybridized carbons (Fsp3) is 0. The summed E-state index contributed by atoms with van der Waals surface area (Å²) >= 11 is 0. The molecule has 0 aliphatic heterocycles. The Morgan fingerprint density at radius 1 is 0.333 bits per heavy atom. The predicted octanol–water partition coefficient (Wildman–Crippen LogP) is 11.7. The van der Waals surface area contributed by atoms with Crippen molar-refractivity contribution in [2.45, 2.75) is 0 Å². The Bertz CT molecular complexity index is 2520. The second-order valence-electron chi connectivity index (χ2n) is 12.1. The van der Waals surface area contributed by atoms with E-state index in [4.69, 9.17) is 9.97 Å². The molecule has 0 N–H and O–H groups in total. The van der Waals surface area contributed by atoms with Crippen LogP contribution in [0.2, 0.25) is 0 Å². The zero-order valence-corrected chi connectivity index (χ0v) is 26.1. The molecule has 48 heavy (non-hydrogen) atoms. The van der Waals surface area contributed by atoms with Gasteiger partial charge >= 0.3 is 0 Å². The van der Waals surface area contributed by atoms with Gasteiger partial charge in [-0.15, -0.1) is 0 Å². The summed E-state index contributed by atoms with van der Waals surface area (Å²) in [5.74, 6) is 0. The molecule has 0 unspecified atom stereocenters. The van der Waals surface area contributed by atoms with E-state index in [-0.39, 0.29) is 0 Å². The molecule has 0 radical (unpaired) electrons. The molecule has 0 spiro atoms. The van der Waals surface area contributed by atoms with Crippen LogP contribution in [0.15, 0.2) is 176 Å². The molecule has 0 aliphatic rings. The van der Waals surface area contributed by atoms with Crippen LogP contribution in [0.3, 0.4) is 0 Å². The van der Waals surface area contributed by atoms with Crippen molar-refractivity contribution in [1.82, 2.24) is 15.0 Å². The highest BCUT2D eigenvalue weighted by Gasteiger charge is 2.19. The van der Waals surface area contributed by atoms with E-state index in [0.717, 1.165) is 33.6 Å². The zero-order chi connectivity index (χ0) is 31.9. The monoisotopic (exact) mass is 611 g/mol. The summed E-state index contributed by atoms with van der Waals surface area (Å²) in [5.41, 5.74) is 11.1. The Morgan fingerprint density at radius 3 is 1.60 bits per heavy atom. The van der Waals surface area contributed by atoms with E-state index in [1.165, 1.54) is 54.6 Å². The van der Waals surface area contributed by atoms with Crippen molar-refractivity contribution >= 4 is 32.3 Å². The minimum atomic E-state index is 0.917. The van der Waals surface area contributed by atoms with Crippen LogP contribution >= 0.6 is 0 Å². The summed E-state index contributed by atoms with van der Waals surface area (Å²) in [6.07, 6.45) is 7.43. The number of benzene rings is 6. The SMILES string of the molecule is c1ccc(-c2cc(-c3c4ccccc4c(-c4ccc(-c5ccc(-c6cccnc6)nc5)cc4)c4ccccc34)c3ccccc3c2)nc1. The number of fused-ring (bicyclic) bond motifs is 3. The first kappa shape index (κ1) is 27.8. The Kier molecular flexibility index (Phi) is 6.80. The first-order valence-corrected chi connectivity index (χ1v) is 16.2. The maximum absolute atomic E-state index is 4.73. The van der Waals surface area contributed by atoms with Crippen molar-refractivity contribution < 1.29 is 0 Å². The van der Waals surface area contributed by atoms with Crippen LogP contribution in [0.1, 0.15) is 0 Å². The molecular weight excluding hydrogens is 583 g/mol. The summed E-state index contributed by atoms with van der Waals surface area (Å²) in [5, 5.41) is 7.35. The Morgan fingerprint density at radius 2 is 0.958 bits per heavy atom. The highest BCUT2D eigenvalue weighted by Crippen LogP contribution is 2.46. The van der Waals surface area contributed by atoms with Gasteiger partial charge in [-0.1, -0.05) is 109 Å². The van der Waals surface area contributed by atoms with Gasteiger partial charge in [-0.25, -0.2) is 0 Å². The van der Waals surface area contributed by atoms with Gasteiger partial charge < -0.3 is 0 Å². The highest BCUT2D eigenvalue weighted by molar-refractivity contribution is 6.23. The molecule has 0 amide bonds. The molecule has 3 aromatic heterocycles. The molecule has 224 valence electrons. The smallest absolute Gasteiger partial charge is 0.0717 e. The molecule has 3 heteroatoms. The van der Waals surface area contributed by atoms with Gasteiger partial charge in [0.05, 0.1) is 11.4 Å². The van der Waals surface area contributed by atoms with Crippen LogP contribution in [-0.4, -0.2) is 15.0 Å². The lowest BCUT2D eigenvalue weighted by molar-refractivity contribution is 1.28. The van der Waals surface area contributed by atoms with Gasteiger partial charge in [0.2, 0.25) is 0 Å². The normalized spacial score (nSPS) is 11.3. The number of hydrogen-bond donors (Lipinski definition) is 0. The Hall–Kier alpha value is -6.45. The zero-order valence-electron chi connectivity index (χ0n) is 26.1. The van der Waals surface area contributed by atoms with Crippen molar-refractivity contribution in [1.29, 1.82) is 0 Å². The number of pyridine rings is 3. The highest BCUT2D eigenvalue weighted by atomic mass is 14.7. The summed E-state index contributed by atoms with van der Waals surface area (Å²) in [7, 11) is 0. The lowest BCUT2D eigenvalue weighted by Crippen LogP contribution is -1.93. The molecule has 0 atom stereocenters. The molecule has 9 rings (SSSR count). The van der Waals surface area contributed by atoms with Crippen LogP contribution in [0.5, 0.6) is 0 Å². The first-order valence-electron chi connectivity index (χ1n) is 16.2. The van der Waals surface area contributed by atoms with Gasteiger partial charge in [-0.2, -0.15) is 0 Å². The molecule has 0 saturated carbocycles.